The number of nitrogens with one attached hydrogen (secondary N) is 1. The van der Waals surface area contributed by atoms with Crippen LogP contribution in [-0.2, 0) is 4.79 Å². The molecule has 1 unspecified atom stereocenters. The topological polar surface area (TPSA) is 66.4 Å². The highest BCUT2D eigenvalue weighted by molar-refractivity contribution is 9.10. The highest BCUT2D eigenvalue weighted by Crippen LogP contribution is 2.19. The molecule has 0 aliphatic rings. The highest BCUT2D eigenvalue weighted by Gasteiger charge is 2.12. The van der Waals surface area contributed by atoms with Crippen molar-refractivity contribution in [3.05, 3.63) is 33.8 Å². The number of hydrogen-bond acceptors (Lipinski definition) is 2. The molecule has 0 saturated heterocycles. The lowest BCUT2D eigenvalue weighted by Gasteiger charge is -2.14. The fraction of sp³-hybridized carbons (Fsp3) is 0.500. The molecule has 0 aliphatic carbocycles. The molecule has 21 heavy (non-hydrogen) atoms. The zero-order valence-corrected chi connectivity index (χ0v) is 14.1. The van der Waals surface area contributed by atoms with E-state index < -0.39 is 5.97 Å². The maximum atomic E-state index is 12.1. The zero-order valence-electron chi connectivity index (χ0n) is 12.5. The van der Waals surface area contributed by atoms with Crippen LogP contribution in [0.3, 0.4) is 0 Å². The van der Waals surface area contributed by atoms with E-state index in [0.29, 0.717) is 24.4 Å². The van der Waals surface area contributed by atoms with Crippen molar-refractivity contribution < 1.29 is 14.7 Å². The minimum absolute atomic E-state index is 0.102. The van der Waals surface area contributed by atoms with Crippen molar-refractivity contribution in [2.45, 2.75) is 39.5 Å². The summed E-state index contributed by atoms with van der Waals surface area (Å²) < 4.78 is 0.790. The largest absolute Gasteiger partial charge is 0.481 e. The maximum absolute atomic E-state index is 12.1. The second-order valence-electron chi connectivity index (χ2n) is 5.23. The molecule has 1 atom stereocenters. The normalized spacial score (nSPS) is 12.0. The molecule has 1 aromatic carbocycles. The monoisotopic (exact) mass is 355 g/mol. The number of carbonyl (C=O) groups is 2. The number of carboxylic acid groups (broad SMARTS) is 1. The second-order valence-corrected chi connectivity index (χ2v) is 6.09. The van der Waals surface area contributed by atoms with Crippen molar-refractivity contribution in [2.24, 2.45) is 5.92 Å². The number of rotatable bonds is 8. The Bertz CT molecular complexity index is 502. The molecule has 0 bridgehead atoms. The first kappa shape index (κ1) is 17.7. The van der Waals surface area contributed by atoms with E-state index in [-0.39, 0.29) is 12.3 Å². The zero-order chi connectivity index (χ0) is 15.8. The lowest BCUT2D eigenvalue weighted by atomic mass is 9.96. The Morgan fingerprint density at radius 2 is 2.05 bits per heavy atom. The molecule has 116 valence electrons. The summed E-state index contributed by atoms with van der Waals surface area (Å²) in [5, 5.41) is 11.6. The average molecular weight is 356 g/mol. The van der Waals surface area contributed by atoms with Gasteiger partial charge in [0.15, 0.2) is 0 Å². The van der Waals surface area contributed by atoms with Gasteiger partial charge in [0.25, 0.3) is 5.91 Å². The summed E-state index contributed by atoms with van der Waals surface area (Å²) in [5.41, 5.74) is 1.72. The molecule has 0 fully saturated rings. The third-order valence-corrected chi connectivity index (χ3v) is 4.21. The summed E-state index contributed by atoms with van der Waals surface area (Å²) in [6.45, 7) is 4.59. The highest BCUT2D eigenvalue weighted by atomic mass is 79.9. The second kappa shape index (κ2) is 8.82. The van der Waals surface area contributed by atoms with Crippen molar-refractivity contribution in [1.82, 2.24) is 5.32 Å². The van der Waals surface area contributed by atoms with Gasteiger partial charge in [0.05, 0.1) is 5.56 Å². The predicted molar refractivity (Wildman–Crippen MR) is 86.5 cm³/mol. The summed E-state index contributed by atoms with van der Waals surface area (Å²) in [4.78, 5) is 22.7. The summed E-state index contributed by atoms with van der Waals surface area (Å²) in [5.74, 6) is -0.529. The van der Waals surface area contributed by atoms with E-state index in [1.165, 1.54) is 0 Å². The van der Waals surface area contributed by atoms with Crippen LogP contribution < -0.4 is 5.32 Å². The van der Waals surface area contributed by atoms with Gasteiger partial charge in [-0.2, -0.15) is 0 Å². The molecule has 1 aromatic rings. The molecule has 1 amide bonds. The fourth-order valence-electron chi connectivity index (χ4n) is 2.17. The van der Waals surface area contributed by atoms with Gasteiger partial charge in [-0.15, -0.1) is 0 Å². The van der Waals surface area contributed by atoms with Gasteiger partial charge in [-0.05, 0) is 59.3 Å². The van der Waals surface area contributed by atoms with E-state index >= 15 is 0 Å². The van der Waals surface area contributed by atoms with Gasteiger partial charge in [0.1, 0.15) is 0 Å². The lowest BCUT2D eigenvalue weighted by Crippen LogP contribution is -2.26. The molecule has 0 heterocycles. The number of carboxylic acids is 1. The van der Waals surface area contributed by atoms with Crippen LogP contribution in [0.5, 0.6) is 0 Å². The number of benzene rings is 1. The molecule has 4 nitrogen and oxygen atoms in total. The van der Waals surface area contributed by atoms with E-state index in [1.807, 2.05) is 26.0 Å². The molecule has 0 aromatic heterocycles. The Hall–Kier alpha value is -1.36. The first-order valence-electron chi connectivity index (χ1n) is 7.20. The SMILES string of the molecule is CCC(CCNC(=O)c1ccc(C)cc1Br)CCC(=O)O. The number of amides is 1. The first-order valence-corrected chi connectivity index (χ1v) is 7.99. The smallest absolute Gasteiger partial charge is 0.303 e. The van der Waals surface area contributed by atoms with Gasteiger partial charge in [0.2, 0.25) is 0 Å². The van der Waals surface area contributed by atoms with Gasteiger partial charge in [-0.1, -0.05) is 19.4 Å². The Morgan fingerprint density at radius 3 is 2.62 bits per heavy atom. The van der Waals surface area contributed by atoms with Crippen molar-refractivity contribution in [3.63, 3.8) is 0 Å². The van der Waals surface area contributed by atoms with E-state index in [1.54, 1.807) is 6.07 Å². The predicted octanol–water partition coefficient (Wildman–Crippen LogP) is 3.77. The van der Waals surface area contributed by atoms with E-state index in [9.17, 15) is 9.59 Å². The number of carbonyl (C=O) groups excluding carboxylic acids is 1. The van der Waals surface area contributed by atoms with Crippen molar-refractivity contribution >= 4 is 27.8 Å². The Balaban J connectivity index is 2.43. The Morgan fingerprint density at radius 1 is 1.33 bits per heavy atom. The van der Waals surface area contributed by atoms with Crippen LogP contribution in [0.2, 0.25) is 0 Å². The van der Waals surface area contributed by atoms with Gasteiger partial charge < -0.3 is 10.4 Å². The Labute approximate surface area is 134 Å². The van der Waals surface area contributed by atoms with Crippen LogP contribution >= 0.6 is 15.9 Å². The van der Waals surface area contributed by atoms with Crippen molar-refractivity contribution in [2.75, 3.05) is 6.54 Å². The quantitative estimate of drug-likeness (QED) is 0.745. The molecule has 0 saturated carbocycles. The molecule has 0 aliphatic heterocycles. The maximum Gasteiger partial charge on any atom is 0.303 e. The van der Waals surface area contributed by atoms with Crippen LogP contribution in [0.1, 0.15) is 48.5 Å². The van der Waals surface area contributed by atoms with Crippen LogP contribution in [-0.4, -0.2) is 23.5 Å². The van der Waals surface area contributed by atoms with Crippen LogP contribution in [0.15, 0.2) is 22.7 Å². The van der Waals surface area contributed by atoms with E-state index in [2.05, 4.69) is 21.2 Å². The molecule has 1 rings (SSSR count). The minimum atomic E-state index is -0.763. The Kier molecular flexibility index (Phi) is 7.43. The standard InChI is InChI=1S/C16H22BrNO3/c1-3-12(5-7-15(19)20)8-9-18-16(21)13-6-4-11(2)10-14(13)17/h4,6,10,12H,3,5,7-9H2,1-2H3,(H,18,21)(H,19,20). The molecule has 2 N–H and O–H groups in total. The summed E-state index contributed by atoms with van der Waals surface area (Å²) >= 11 is 3.40. The van der Waals surface area contributed by atoms with Gasteiger partial charge >= 0.3 is 5.97 Å². The number of aliphatic carboxylic acids is 1. The fourth-order valence-corrected chi connectivity index (χ4v) is 2.84. The summed E-state index contributed by atoms with van der Waals surface area (Å²) in [7, 11) is 0. The van der Waals surface area contributed by atoms with Gasteiger partial charge in [-0.25, -0.2) is 0 Å². The van der Waals surface area contributed by atoms with Gasteiger partial charge in [0, 0.05) is 17.4 Å². The third kappa shape index (κ3) is 6.29. The minimum Gasteiger partial charge on any atom is -0.481 e. The average Bonchev–Trinajstić information content (AvgIpc) is 2.42. The van der Waals surface area contributed by atoms with Crippen LogP contribution in [0, 0.1) is 12.8 Å². The number of hydrogen-bond donors (Lipinski definition) is 2. The summed E-state index contributed by atoms with van der Waals surface area (Å²) in [6, 6.07) is 5.62. The van der Waals surface area contributed by atoms with Crippen molar-refractivity contribution in [1.29, 1.82) is 0 Å². The molecule has 0 radical (unpaired) electrons. The van der Waals surface area contributed by atoms with Gasteiger partial charge in [-0.3, -0.25) is 9.59 Å². The van der Waals surface area contributed by atoms with Crippen LogP contribution in [0.25, 0.3) is 0 Å². The summed E-state index contributed by atoms with van der Waals surface area (Å²) in [6.07, 6.45) is 2.59. The van der Waals surface area contributed by atoms with Crippen molar-refractivity contribution in [3.8, 4) is 0 Å². The molecular formula is C16H22BrNO3. The van der Waals surface area contributed by atoms with E-state index in [0.717, 1.165) is 22.9 Å². The number of halogens is 1. The third-order valence-electron chi connectivity index (χ3n) is 3.55. The van der Waals surface area contributed by atoms with Crippen LogP contribution in [0.4, 0.5) is 0 Å². The van der Waals surface area contributed by atoms with E-state index in [4.69, 9.17) is 5.11 Å². The number of aryl methyl sites for hydroxylation is 1. The molecular weight excluding hydrogens is 334 g/mol. The lowest BCUT2D eigenvalue weighted by molar-refractivity contribution is -0.137. The molecule has 5 heteroatoms. The first-order chi connectivity index (χ1) is 9.93. The molecule has 0 spiro atoms.